The van der Waals surface area contributed by atoms with Crippen LogP contribution in [-0.2, 0) is 0 Å². The summed E-state index contributed by atoms with van der Waals surface area (Å²) in [5.74, 6) is 3.54. The average molecular weight is 539 g/mol. The van der Waals surface area contributed by atoms with Crippen LogP contribution in [0.15, 0.2) is 53.7 Å². The van der Waals surface area contributed by atoms with Crippen LogP contribution in [0.5, 0.6) is 11.5 Å². The van der Waals surface area contributed by atoms with Crippen LogP contribution in [-0.4, -0.2) is 56.4 Å². The molecule has 1 fully saturated rings. The lowest BCUT2D eigenvalue weighted by molar-refractivity contribution is 0.230. The number of nitrogens with one attached hydrogen (secondary N) is 2. The molecule has 2 aromatic rings. The van der Waals surface area contributed by atoms with E-state index in [1.165, 1.54) is 0 Å². The minimum Gasteiger partial charge on any atom is -0.497 e. The Morgan fingerprint density at radius 2 is 1.87 bits per heavy atom. The first-order valence-electron chi connectivity index (χ1n) is 10.7. The second kappa shape index (κ2) is 13.2. The number of anilines is 1. The molecule has 1 atom stereocenters. The lowest BCUT2D eigenvalue weighted by atomic mass is 10.1. The molecule has 1 aromatic carbocycles. The summed E-state index contributed by atoms with van der Waals surface area (Å²) in [6.45, 7) is 7.50. The Morgan fingerprint density at radius 1 is 1.16 bits per heavy atom. The summed E-state index contributed by atoms with van der Waals surface area (Å²) in [6.07, 6.45) is 3.93. The predicted octanol–water partition coefficient (Wildman–Crippen LogP) is 3.70. The number of halogens is 1. The number of benzene rings is 1. The lowest BCUT2D eigenvalue weighted by Gasteiger charge is -2.33. The van der Waals surface area contributed by atoms with E-state index >= 15 is 0 Å². The van der Waals surface area contributed by atoms with Gasteiger partial charge in [0.2, 0.25) is 0 Å². The number of aromatic nitrogens is 1. The van der Waals surface area contributed by atoms with Gasteiger partial charge in [-0.25, -0.2) is 9.98 Å². The van der Waals surface area contributed by atoms with Gasteiger partial charge in [0.05, 0.1) is 13.7 Å². The van der Waals surface area contributed by atoms with Gasteiger partial charge in [0.15, 0.2) is 5.96 Å². The van der Waals surface area contributed by atoms with Crippen molar-refractivity contribution >= 4 is 35.8 Å². The van der Waals surface area contributed by atoms with Crippen LogP contribution in [0.3, 0.4) is 0 Å². The van der Waals surface area contributed by atoms with Crippen LogP contribution >= 0.6 is 24.0 Å². The average Bonchev–Trinajstić information content (AvgIpc) is 2.79. The molecule has 8 heteroatoms. The van der Waals surface area contributed by atoms with Gasteiger partial charge in [-0.15, -0.1) is 24.0 Å². The third kappa shape index (κ3) is 8.08. The molecule has 31 heavy (non-hydrogen) atoms. The van der Waals surface area contributed by atoms with E-state index < -0.39 is 0 Å². The van der Waals surface area contributed by atoms with Crippen molar-refractivity contribution in [2.75, 3.05) is 38.2 Å². The zero-order chi connectivity index (χ0) is 21.2. The first-order chi connectivity index (χ1) is 14.7. The quantitative estimate of drug-likeness (QED) is 0.303. The molecule has 0 amide bonds. The number of piperidine rings is 1. The van der Waals surface area contributed by atoms with Gasteiger partial charge in [0.1, 0.15) is 23.4 Å². The molecule has 2 heterocycles. The molecular weight excluding hydrogens is 505 g/mol. The Hall–Kier alpha value is -2.23. The van der Waals surface area contributed by atoms with Crippen molar-refractivity contribution in [1.82, 2.24) is 15.6 Å². The fourth-order valence-corrected chi connectivity index (χ4v) is 3.45. The Balaban J connectivity index is 0.00000341. The molecule has 170 valence electrons. The molecule has 0 saturated carbocycles. The smallest absolute Gasteiger partial charge is 0.191 e. The number of nitrogens with zero attached hydrogens (tertiary/aromatic N) is 3. The zero-order valence-electron chi connectivity index (χ0n) is 18.6. The number of pyridine rings is 1. The fraction of sp³-hybridized carbons (Fsp3) is 0.478. The van der Waals surface area contributed by atoms with E-state index in [0.717, 1.165) is 55.8 Å². The highest BCUT2D eigenvalue weighted by Crippen LogP contribution is 2.19. The molecule has 0 radical (unpaired) electrons. The Labute approximate surface area is 202 Å². The van der Waals surface area contributed by atoms with Gasteiger partial charge < -0.3 is 25.0 Å². The third-order valence-corrected chi connectivity index (χ3v) is 5.06. The van der Waals surface area contributed by atoms with Crippen molar-refractivity contribution in [2.45, 2.75) is 38.8 Å². The van der Waals surface area contributed by atoms with Gasteiger partial charge in [-0.3, -0.25) is 0 Å². The molecule has 3 rings (SSSR count). The number of guanidine groups is 1. The van der Waals surface area contributed by atoms with Crippen LogP contribution in [0.4, 0.5) is 5.82 Å². The predicted molar refractivity (Wildman–Crippen MR) is 137 cm³/mol. The van der Waals surface area contributed by atoms with Crippen molar-refractivity contribution in [3.05, 3.63) is 48.7 Å². The summed E-state index contributed by atoms with van der Waals surface area (Å²) < 4.78 is 11.1. The second-order valence-corrected chi connectivity index (χ2v) is 7.42. The highest BCUT2D eigenvalue weighted by atomic mass is 127. The van der Waals surface area contributed by atoms with Gasteiger partial charge in [0.25, 0.3) is 0 Å². The van der Waals surface area contributed by atoms with Crippen molar-refractivity contribution in [3.8, 4) is 11.5 Å². The highest BCUT2D eigenvalue weighted by molar-refractivity contribution is 14.0. The first-order valence-corrected chi connectivity index (χ1v) is 10.7. The lowest BCUT2D eigenvalue weighted by Crippen LogP contribution is -2.49. The van der Waals surface area contributed by atoms with E-state index in [4.69, 9.17) is 14.5 Å². The summed E-state index contributed by atoms with van der Waals surface area (Å²) in [7, 11) is 1.66. The normalized spacial score (nSPS) is 15.6. The van der Waals surface area contributed by atoms with Crippen LogP contribution in [0.25, 0.3) is 0 Å². The first kappa shape index (κ1) is 25.0. The standard InChI is InChI=1S/C23H33N5O2.HI/c1-4-24-23(26-17-18(2)30-21-10-8-20(29-3)9-11-21)27-19-12-15-28(16-13-19)22-7-5-6-14-25-22;/h5-11,14,18-19H,4,12-13,15-17H2,1-3H3,(H2,24,26,27);1H. The second-order valence-electron chi connectivity index (χ2n) is 7.42. The summed E-state index contributed by atoms with van der Waals surface area (Å²) in [5, 5.41) is 6.93. The molecule has 1 aliphatic heterocycles. The molecule has 2 N–H and O–H groups in total. The molecule has 0 spiro atoms. The number of hydrogen-bond donors (Lipinski definition) is 2. The highest BCUT2D eigenvalue weighted by Gasteiger charge is 2.20. The van der Waals surface area contributed by atoms with Gasteiger partial charge in [-0.2, -0.15) is 0 Å². The summed E-state index contributed by atoms with van der Waals surface area (Å²) in [4.78, 5) is 11.5. The van der Waals surface area contributed by atoms with Gasteiger partial charge in [0, 0.05) is 31.9 Å². The Bertz CT molecular complexity index is 780. The van der Waals surface area contributed by atoms with E-state index in [2.05, 4.69) is 33.5 Å². The van der Waals surface area contributed by atoms with Gasteiger partial charge in [-0.1, -0.05) is 6.07 Å². The number of methoxy groups -OCH3 is 1. The van der Waals surface area contributed by atoms with E-state index in [1.54, 1.807) is 7.11 Å². The van der Waals surface area contributed by atoms with Crippen molar-refractivity contribution in [3.63, 3.8) is 0 Å². The third-order valence-electron chi connectivity index (χ3n) is 5.06. The largest absolute Gasteiger partial charge is 0.497 e. The van der Waals surface area contributed by atoms with Crippen LogP contribution in [0.1, 0.15) is 26.7 Å². The molecular formula is C23H34IN5O2. The topological polar surface area (TPSA) is 71.0 Å². The maximum atomic E-state index is 5.96. The SMILES string of the molecule is CCNC(=NCC(C)Oc1ccc(OC)cc1)NC1CCN(c2ccccn2)CC1.I. The molecule has 0 aliphatic carbocycles. The fourth-order valence-electron chi connectivity index (χ4n) is 3.45. The maximum absolute atomic E-state index is 5.96. The van der Waals surface area contributed by atoms with Gasteiger partial charge >= 0.3 is 0 Å². The van der Waals surface area contributed by atoms with E-state index in [9.17, 15) is 0 Å². The maximum Gasteiger partial charge on any atom is 0.191 e. The van der Waals surface area contributed by atoms with E-state index in [0.29, 0.717) is 12.6 Å². The number of aliphatic imine (C=N–C) groups is 1. The molecule has 1 aromatic heterocycles. The van der Waals surface area contributed by atoms with Crippen molar-refractivity contribution in [2.24, 2.45) is 4.99 Å². The minimum absolute atomic E-state index is 0. The summed E-state index contributed by atoms with van der Waals surface area (Å²) in [5.41, 5.74) is 0. The summed E-state index contributed by atoms with van der Waals surface area (Å²) in [6, 6.07) is 14.1. The summed E-state index contributed by atoms with van der Waals surface area (Å²) >= 11 is 0. The van der Waals surface area contributed by atoms with Crippen LogP contribution < -0.4 is 25.0 Å². The van der Waals surface area contributed by atoms with Crippen molar-refractivity contribution in [1.29, 1.82) is 0 Å². The molecule has 0 bridgehead atoms. The minimum atomic E-state index is -0.0279. The zero-order valence-corrected chi connectivity index (χ0v) is 20.9. The Kier molecular flexibility index (Phi) is 10.7. The van der Waals surface area contributed by atoms with Gasteiger partial charge in [-0.05, 0) is 63.1 Å². The van der Waals surface area contributed by atoms with Crippen LogP contribution in [0, 0.1) is 0 Å². The van der Waals surface area contributed by atoms with Crippen LogP contribution in [0.2, 0.25) is 0 Å². The van der Waals surface area contributed by atoms with E-state index in [1.807, 2.05) is 49.5 Å². The monoisotopic (exact) mass is 539 g/mol. The molecule has 7 nitrogen and oxygen atoms in total. The molecule has 1 unspecified atom stereocenters. The molecule has 1 saturated heterocycles. The van der Waals surface area contributed by atoms with Crippen molar-refractivity contribution < 1.29 is 9.47 Å². The number of hydrogen-bond acceptors (Lipinski definition) is 5. The Morgan fingerprint density at radius 3 is 2.48 bits per heavy atom. The van der Waals surface area contributed by atoms with E-state index in [-0.39, 0.29) is 30.1 Å². The molecule has 1 aliphatic rings. The number of ether oxygens (including phenoxy) is 2. The number of rotatable bonds is 8.